The van der Waals surface area contributed by atoms with E-state index in [1.54, 1.807) is 6.07 Å². The maximum absolute atomic E-state index is 7.00. The van der Waals surface area contributed by atoms with Gasteiger partial charge in [-0.15, -0.1) is 0 Å². The molecule has 0 saturated carbocycles. The average Bonchev–Trinajstić information content (AvgIpc) is 2.17. The molecule has 0 atom stereocenters. The van der Waals surface area contributed by atoms with E-state index in [9.17, 15) is 0 Å². The van der Waals surface area contributed by atoms with Crippen molar-refractivity contribution >= 4 is 12.6 Å². The summed E-state index contributed by atoms with van der Waals surface area (Å²) in [4.78, 5) is 0. The van der Waals surface area contributed by atoms with Crippen LogP contribution in [0.2, 0.25) is 0 Å². The van der Waals surface area contributed by atoms with E-state index < -0.39 is 0 Å². The maximum atomic E-state index is 7.00. The van der Waals surface area contributed by atoms with Crippen LogP contribution >= 0.6 is 12.6 Å². The first-order chi connectivity index (χ1) is 6.57. The van der Waals surface area contributed by atoms with Crippen molar-refractivity contribution in [3.8, 4) is 11.7 Å². The van der Waals surface area contributed by atoms with Gasteiger partial charge in [0, 0.05) is 11.3 Å². The van der Waals surface area contributed by atoms with Crippen molar-refractivity contribution in [1.82, 2.24) is 0 Å². The van der Waals surface area contributed by atoms with Gasteiger partial charge in [0.05, 0.1) is 0 Å². The second kappa shape index (κ2) is 4.43. The number of rotatable bonds is 3. The van der Waals surface area contributed by atoms with Crippen LogP contribution in [0.3, 0.4) is 0 Å². The molecule has 0 amide bonds. The Kier molecular flexibility index (Phi) is 3.49. The van der Waals surface area contributed by atoms with Crippen LogP contribution in [0.5, 0.6) is 5.75 Å². The normalized spacial score (nSPS) is 10.7. The van der Waals surface area contributed by atoms with Crippen molar-refractivity contribution in [3.05, 3.63) is 36.3 Å². The fourth-order valence-electron chi connectivity index (χ4n) is 0.989. The van der Waals surface area contributed by atoms with Crippen molar-refractivity contribution < 1.29 is 4.74 Å². The number of benzene rings is 1. The molecule has 0 aliphatic rings. The molecule has 14 heavy (non-hydrogen) atoms. The van der Waals surface area contributed by atoms with Gasteiger partial charge >= 0.3 is 0 Å². The van der Waals surface area contributed by atoms with Gasteiger partial charge in [-0.3, -0.25) is 0 Å². The lowest BCUT2D eigenvalue weighted by atomic mass is 10.1. The molecule has 0 unspecified atom stereocenters. The lowest BCUT2D eigenvalue weighted by molar-refractivity contribution is 0.136. The second-order valence-electron chi connectivity index (χ2n) is 3.67. The average molecular weight is 205 g/mol. The second-order valence-corrected chi connectivity index (χ2v) is 3.99. The predicted octanol–water partition coefficient (Wildman–Crippen LogP) is 2.71. The molecule has 1 radical (unpaired) electrons. The van der Waals surface area contributed by atoms with Crippen molar-refractivity contribution in [2.45, 2.75) is 19.4 Å². The van der Waals surface area contributed by atoms with E-state index in [0.717, 1.165) is 11.3 Å². The first-order valence-corrected chi connectivity index (χ1v) is 5.03. The van der Waals surface area contributed by atoms with Crippen molar-refractivity contribution in [3.63, 3.8) is 0 Å². The number of hydrogen-bond acceptors (Lipinski definition) is 2. The minimum atomic E-state index is -0.288. The highest BCUT2D eigenvalue weighted by Crippen LogP contribution is 2.20. The van der Waals surface area contributed by atoms with Crippen LogP contribution in [0.25, 0.3) is 0 Å². The third-order valence-corrected chi connectivity index (χ3v) is 2.51. The molecular weight excluding hydrogens is 192 g/mol. The van der Waals surface area contributed by atoms with Crippen molar-refractivity contribution in [2.75, 3.05) is 5.75 Å². The van der Waals surface area contributed by atoms with Crippen LogP contribution in [0.4, 0.5) is 0 Å². The molecule has 2 heteroatoms. The molecule has 0 fully saturated rings. The van der Waals surface area contributed by atoms with E-state index >= 15 is 0 Å². The minimum Gasteiger partial charge on any atom is -0.487 e. The minimum absolute atomic E-state index is 0.288. The topological polar surface area (TPSA) is 9.23 Å². The van der Waals surface area contributed by atoms with Crippen LogP contribution in [0.1, 0.15) is 19.4 Å². The zero-order valence-electron chi connectivity index (χ0n) is 8.37. The van der Waals surface area contributed by atoms with Gasteiger partial charge in [-0.05, 0) is 38.5 Å². The smallest absolute Gasteiger partial charge is 0.121 e. The summed E-state index contributed by atoms with van der Waals surface area (Å²) in [5.41, 5.74) is 0.432. The summed E-state index contributed by atoms with van der Waals surface area (Å²) >= 11 is 4.20. The molecule has 0 spiro atoms. The number of thiol groups is 1. The molecule has 1 rings (SSSR count). The molecule has 0 aliphatic heterocycles. The van der Waals surface area contributed by atoms with Gasteiger partial charge in [-0.2, -0.15) is 12.6 Å². The fourth-order valence-corrected chi connectivity index (χ4v) is 1.05. The van der Waals surface area contributed by atoms with E-state index in [-0.39, 0.29) is 5.60 Å². The number of hydrogen-bond donors (Lipinski definition) is 1. The van der Waals surface area contributed by atoms with E-state index in [2.05, 4.69) is 18.5 Å². The van der Waals surface area contributed by atoms with Crippen molar-refractivity contribution in [1.29, 1.82) is 0 Å². The first kappa shape index (κ1) is 11.0. The summed E-state index contributed by atoms with van der Waals surface area (Å²) in [7, 11) is 0. The molecule has 73 valence electrons. The van der Waals surface area contributed by atoms with Gasteiger partial charge < -0.3 is 4.74 Å². The molecular formula is C12H13OS. The summed E-state index contributed by atoms with van der Waals surface area (Å²) in [6, 6.07) is 7.32. The van der Waals surface area contributed by atoms with Gasteiger partial charge in [-0.25, -0.2) is 0 Å². The van der Waals surface area contributed by atoms with Gasteiger partial charge in [-0.1, -0.05) is 12.0 Å². The molecule has 1 aromatic carbocycles. The molecule has 1 aromatic rings. The lowest BCUT2D eigenvalue weighted by Crippen LogP contribution is -2.30. The van der Waals surface area contributed by atoms with Crippen LogP contribution in [-0.4, -0.2) is 11.4 Å². The molecule has 0 aromatic heterocycles. The monoisotopic (exact) mass is 205 g/mol. The fraction of sp³-hybridized carbons (Fsp3) is 0.333. The summed E-state index contributed by atoms with van der Waals surface area (Å²) < 4.78 is 5.69. The predicted molar refractivity (Wildman–Crippen MR) is 61.2 cm³/mol. The largest absolute Gasteiger partial charge is 0.487 e. The van der Waals surface area contributed by atoms with Gasteiger partial charge in [0.25, 0.3) is 0 Å². The van der Waals surface area contributed by atoms with Crippen LogP contribution in [0.15, 0.2) is 24.3 Å². The number of ether oxygens (including phenoxy) is 1. The van der Waals surface area contributed by atoms with E-state index in [1.165, 1.54) is 0 Å². The first-order valence-electron chi connectivity index (χ1n) is 4.40. The van der Waals surface area contributed by atoms with E-state index in [1.807, 2.05) is 32.0 Å². The lowest BCUT2D eigenvalue weighted by Gasteiger charge is -2.24. The highest BCUT2D eigenvalue weighted by Gasteiger charge is 2.17. The highest BCUT2D eigenvalue weighted by atomic mass is 32.1. The van der Waals surface area contributed by atoms with Crippen LogP contribution < -0.4 is 4.74 Å². The quantitative estimate of drug-likeness (QED) is 0.589. The maximum Gasteiger partial charge on any atom is 0.121 e. The van der Waals surface area contributed by atoms with Crippen LogP contribution in [-0.2, 0) is 0 Å². The Morgan fingerprint density at radius 2 is 2.21 bits per heavy atom. The Labute approximate surface area is 90.9 Å². The Morgan fingerprint density at radius 1 is 1.50 bits per heavy atom. The third-order valence-electron chi connectivity index (χ3n) is 1.75. The van der Waals surface area contributed by atoms with Crippen molar-refractivity contribution in [2.24, 2.45) is 0 Å². The molecule has 1 nitrogen and oxygen atoms in total. The molecule has 0 N–H and O–H groups in total. The van der Waals surface area contributed by atoms with Crippen LogP contribution in [0, 0.1) is 12.3 Å². The van der Waals surface area contributed by atoms with Gasteiger partial charge in [0.2, 0.25) is 0 Å². The van der Waals surface area contributed by atoms with E-state index in [0.29, 0.717) is 5.75 Å². The van der Waals surface area contributed by atoms with E-state index in [4.69, 9.17) is 11.2 Å². The summed E-state index contributed by atoms with van der Waals surface area (Å²) in [5.74, 6) is 3.72. The highest BCUT2D eigenvalue weighted by molar-refractivity contribution is 7.80. The molecule has 0 bridgehead atoms. The Balaban J connectivity index is 2.83. The molecule has 0 heterocycles. The standard InChI is InChI=1S/C12H13OS/c1-4-10-6-5-7-11(8-10)13-12(2,3)9-14/h5-8,14H,9H2,2-3H3. The zero-order chi connectivity index (χ0) is 10.6. The molecule has 0 saturated heterocycles. The van der Waals surface area contributed by atoms with Gasteiger partial charge in [0.15, 0.2) is 0 Å². The zero-order valence-corrected chi connectivity index (χ0v) is 9.27. The Hall–Kier alpha value is -1.07. The summed E-state index contributed by atoms with van der Waals surface area (Å²) in [6.07, 6.45) is 7.00. The van der Waals surface area contributed by atoms with Gasteiger partial charge in [0.1, 0.15) is 11.4 Å². The Bertz CT molecular complexity index is 350. The summed E-state index contributed by atoms with van der Waals surface area (Å²) in [6.45, 7) is 3.95. The third kappa shape index (κ3) is 3.01. The molecule has 0 aliphatic carbocycles. The SMILES string of the molecule is [C]#Cc1cccc(OC(C)(C)CS)c1. The Morgan fingerprint density at radius 3 is 2.79 bits per heavy atom. The summed E-state index contributed by atoms with van der Waals surface area (Å²) in [5, 5.41) is 0.